The Balaban J connectivity index is 1.85. The van der Waals surface area contributed by atoms with Crippen molar-refractivity contribution in [3.05, 3.63) is 36.0 Å². The Morgan fingerprint density at radius 1 is 1.35 bits per heavy atom. The maximum atomic E-state index is 5.00. The lowest BCUT2D eigenvalue weighted by atomic mass is 10.1. The zero-order chi connectivity index (χ0) is 12.3. The van der Waals surface area contributed by atoms with Gasteiger partial charge in [-0.3, -0.25) is 4.68 Å². The second-order valence-electron chi connectivity index (χ2n) is 5.05. The van der Waals surface area contributed by atoms with Gasteiger partial charge in [0.15, 0.2) is 0 Å². The zero-order valence-electron chi connectivity index (χ0n) is 10.5. The van der Waals surface area contributed by atoms with Crippen LogP contribution in [-0.4, -0.2) is 14.9 Å². The summed E-state index contributed by atoms with van der Waals surface area (Å²) in [4.78, 5) is 0. The van der Waals surface area contributed by atoms with Crippen LogP contribution in [-0.2, 0) is 18.6 Å². The fourth-order valence-electron chi connectivity index (χ4n) is 1.48. The molecule has 5 nitrogen and oxygen atoms in total. The molecule has 0 saturated heterocycles. The summed E-state index contributed by atoms with van der Waals surface area (Å²) in [6.07, 6.45) is 5.60. The van der Waals surface area contributed by atoms with Gasteiger partial charge < -0.3 is 9.84 Å². The first-order valence-electron chi connectivity index (χ1n) is 5.70. The Morgan fingerprint density at radius 2 is 2.18 bits per heavy atom. The van der Waals surface area contributed by atoms with Gasteiger partial charge in [0.25, 0.3) is 0 Å². The molecule has 2 rings (SSSR count). The highest BCUT2D eigenvalue weighted by Crippen LogP contribution is 2.13. The van der Waals surface area contributed by atoms with Crippen LogP contribution in [0.3, 0.4) is 0 Å². The quantitative estimate of drug-likeness (QED) is 0.878. The topological polar surface area (TPSA) is 55.9 Å². The minimum absolute atomic E-state index is 0.0309. The number of rotatable bonds is 4. The molecule has 1 N–H and O–H groups in total. The van der Waals surface area contributed by atoms with Crippen molar-refractivity contribution in [1.29, 1.82) is 0 Å². The van der Waals surface area contributed by atoms with Crippen molar-refractivity contribution < 1.29 is 4.52 Å². The van der Waals surface area contributed by atoms with Crippen LogP contribution in [0.2, 0.25) is 0 Å². The highest BCUT2D eigenvalue weighted by molar-refractivity contribution is 5.05. The van der Waals surface area contributed by atoms with Gasteiger partial charge >= 0.3 is 0 Å². The number of nitrogens with one attached hydrogen (secondary N) is 1. The molecule has 0 aliphatic rings. The molecular weight excluding hydrogens is 216 g/mol. The van der Waals surface area contributed by atoms with Crippen molar-refractivity contribution in [3.63, 3.8) is 0 Å². The average Bonchev–Trinajstić information content (AvgIpc) is 2.86. The molecular formula is C12H18N4O. The minimum atomic E-state index is 0.0309. The van der Waals surface area contributed by atoms with Gasteiger partial charge in [0.1, 0.15) is 5.76 Å². The fraction of sp³-hybridized carbons (Fsp3) is 0.500. The third-order valence-electron chi connectivity index (χ3n) is 2.44. The maximum absolute atomic E-state index is 5.00. The van der Waals surface area contributed by atoms with Crippen LogP contribution in [0.15, 0.2) is 29.2 Å². The van der Waals surface area contributed by atoms with Gasteiger partial charge in [-0.2, -0.15) is 5.10 Å². The predicted molar refractivity (Wildman–Crippen MR) is 64.3 cm³/mol. The Bertz CT molecular complexity index is 453. The van der Waals surface area contributed by atoms with Gasteiger partial charge in [-0.1, -0.05) is 5.16 Å². The first-order chi connectivity index (χ1) is 8.05. The molecule has 92 valence electrons. The second kappa shape index (κ2) is 4.71. The van der Waals surface area contributed by atoms with E-state index in [1.807, 2.05) is 16.9 Å². The molecule has 0 fully saturated rings. The molecule has 2 heterocycles. The van der Waals surface area contributed by atoms with Gasteiger partial charge in [0.05, 0.1) is 24.5 Å². The summed E-state index contributed by atoms with van der Waals surface area (Å²) in [6.45, 7) is 7.85. The van der Waals surface area contributed by atoms with Crippen LogP contribution >= 0.6 is 0 Å². The molecule has 0 amide bonds. The van der Waals surface area contributed by atoms with E-state index in [1.165, 1.54) is 5.56 Å². The first kappa shape index (κ1) is 11.9. The molecule has 17 heavy (non-hydrogen) atoms. The Kier molecular flexibility index (Phi) is 3.28. The number of hydrogen-bond donors (Lipinski definition) is 1. The van der Waals surface area contributed by atoms with Gasteiger partial charge in [-0.15, -0.1) is 0 Å². The van der Waals surface area contributed by atoms with Crippen LogP contribution in [0.5, 0.6) is 0 Å². The van der Waals surface area contributed by atoms with Crippen molar-refractivity contribution in [1.82, 2.24) is 20.3 Å². The summed E-state index contributed by atoms with van der Waals surface area (Å²) < 4.78 is 6.97. The van der Waals surface area contributed by atoms with Crippen molar-refractivity contribution in [2.24, 2.45) is 0 Å². The van der Waals surface area contributed by atoms with Crippen LogP contribution in [0, 0.1) is 0 Å². The number of hydrogen-bond acceptors (Lipinski definition) is 4. The van der Waals surface area contributed by atoms with Crippen molar-refractivity contribution >= 4 is 0 Å². The number of aromatic nitrogens is 3. The molecule has 2 aromatic rings. The third kappa shape index (κ3) is 3.17. The molecule has 0 aromatic carbocycles. The van der Waals surface area contributed by atoms with E-state index in [0.717, 1.165) is 12.3 Å². The van der Waals surface area contributed by atoms with Crippen molar-refractivity contribution in [3.8, 4) is 0 Å². The highest BCUT2D eigenvalue weighted by Gasteiger charge is 2.13. The largest absolute Gasteiger partial charge is 0.360 e. The molecule has 0 radical (unpaired) electrons. The summed E-state index contributed by atoms with van der Waals surface area (Å²) in [5.41, 5.74) is 1.20. The molecule has 0 spiro atoms. The molecule has 0 unspecified atom stereocenters. The lowest BCUT2D eigenvalue weighted by Crippen LogP contribution is -2.22. The lowest BCUT2D eigenvalue weighted by Gasteiger charge is -2.18. The normalized spacial score (nSPS) is 11.9. The summed E-state index contributed by atoms with van der Waals surface area (Å²) in [5.74, 6) is 0.841. The van der Waals surface area contributed by atoms with E-state index in [-0.39, 0.29) is 5.54 Å². The minimum Gasteiger partial charge on any atom is -0.360 e. The van der Waals surface area contributed by atoms with E-state index in [0.29, 0.717) is 6.54 Å². The fourth-order valence-corrected chi connectivity index (χ4v) is 1.48. The van der Waals surface area contributed by atoms with E-state index in [1.54, 1.807) is 6.20 Å². The van der Waals surface area contributed by atoms with Crippen molar-refractivity contribution in [2.45, 2.75) is 39.4 Å². The van der Waals surface area contributed by atoms with E-state index in [2.05, 4.69) is 42.5 Å². The monoisotopic (exact) mass is 234 g/mol. The Hall–Kier alpha value is -1.62. The Morgan fingerprint density at radius 3 is 2.76 bits per heavy atom. The SMILES string of the molecule is CC(C)(C)n1cc(CNCc2ccno2)cn1. The van der Waals surface area contributed by atoms with E-state index < -0.39 is 0 Å². The molecule has 0 aliphatic heterocycles. The number of nitrogens with zero attached hydrogens (tertiary/aromatic N) is 3. The Labute approximate surface area is 101 Å². The maximum Gasteiger partial charge on any atom is 0.150 e. The summed E-state index contributed by atoms with van der Waals surface area (Å²) >= 11 is 0. The van der Waals surface area contributed by atoms with Crippen LogP contribution in [0.25, 0.3) is 0 Å². The molecule has 0 bridgehead atoms. The molecule has 2 aromatic heterocycles. The van der Waals surface area contributed by atoms with E-state index >= 15 is 0 Å². The molecule has 0 aliphatic carbocycles. The van der Waals surface area contributed by atoms with Gasteiger partial charge in [-0.05, 0) is 20.8 Å². The highest BCUT2D eigenvalue weighted by atomic mass is 16.5. The first-order valence-corrected chi connectivity index (χ1v) is 5.70. The van der Waals surface area contributed by atoms with E-state index in [4.69, 9.17) is 4.52 Å². The summed E-state index contributed by atoms with van der Waals surface area (Å²) in [7, 11) is 0. The summed E-state index contributed by atoms with van der Waals surface area (Å²) in [6, 6.07) is 1.85. The summed E-state index contributed by atoms with van der Waals surface area (Å²) in [5, 5.41) is 11.3. The molecule has 0 saturated carbocycles. The second-order valence-corrected chi connectivity index (χ2v) is 5.05. The zero-order valence-corrected chi connectivity index (χ0v) is 10.5. The average molecular weight is 234 g/mol. The van der Waals surface area contributed by atoms with Crippen LogP contribution < -0.4 is 5.32 Å². The predicted octanol–water partition coefficient (Wildman–Crippen LogP) is 1.92. The van der Waals surface area contributed by atoms with Crippen LogP contribution in [0.1, 0.15) is 32.1 Å². The van der Waals surface area contributed by atoms with E-state index in [9.17, 15) is 0 Å². The van der Waals surface area contributed by atoms with Gasteiger partial charge in [0.2, 0.25) is 0 Å². The standard InChI is InChI=1S/C12H18N4O/c1-12(2,3)16-9-10(7-14-16)6-13-8-11-4-5-15-17-11/h4-5,7,9,13H,6,8H2,1-3H3. The molecule has 5 heteroatoms. The molecule has 0 atom stereocenters. The van der Waals surface area contributed by atoms with Gasteiger partial charge in [0, 0.05) is 24.4 Å². The van der Waals surface area contributed by atoms with Crippen molar-refractivity contribution in [2.75, 3.05) is 0 Å². The smallest absolute Gasteiger partial charge is 0.150 e. The lowest BCUT2D eigenvalue weighted by molar-refractivity contribution is 0.355. The third-order valence-corrected chi connectivity index (χ3v) is 2.44. The van der Waals surface area contributed by atoms with Gasteiger partial charge in [-0.25, -0.2) is 0 Å². The van der Waals surface area contributed by atoms with Crippen LogP contribution in [0.4, 0.5) is 0 Å².